The molecule has 5 nitrogen and oxygen atoms in total. The predicted octanol–water partition coefficient (Wildman–Crippen LogP) is 0.203. The van der Waals surface area contributed by atoms with Crippen molar-refractivity contribution < 1.29 is 51.5 Å². The molecule has 7 heteroatoms. The molecule has 0 bridgehead atoms. The minimum Gasteiger partial charge on any atom is -0.726 e. The summed E-state index contributed by atoms with van der Waals surface area (Å²) < 4.78 is 34.6. The summed E-state index contributed by atoms with van der Waals surface area (Å²) in [6.07, 6.45) is 7.22. The number of hydrogen-bond acceptors (Lipinski definition) is 5. The van der Waals surface area contributed by atoms with E-state index in [9.17, 15) is 17.8 Å². The van der Waals surface area contributed by atoms with E-state index < -0.39 is 10.4 Å². The summed E-state index contributed by atoms with van der Waals surface area (Å²) in [5, 5.41) is 0. The fourth-order valence-corrected chi connectivity index (χ4v) is 2.13. The summed E-state index contributed by atoms with van der Waals surface area (Å²) >= 11 is 0. The van der Waals surface area contributed by atoms with Crippen LogP contribution in [0.5, 0.6) is 0 Å². The molecule has 0 radical (unpaired) electrons. The van der Waals surface area contributed by atoms with Gasteiger partial charge in [0.15, 0.2) is 0 Å². The van der Waals surface area contributed by atoms with Gasteiger partial charge in [0.05, 0.1) is 6.61 Å². The molecule has 0 aliphatic rings. The van der Waals surface area contributed by atoms with E-state index in [4.69, 9.17) is 0 Å². The fraction of sp³-hybridized carbons (Fsp3) is 0.929. The first-order valence-electron chi connectivity index (χ1n) is 7.26. The van der Waals surface area contributed by atoms with E-state index in [0.29, 0.717) is 18.6 Å². The van der Waals surface area contributed by atoms with Crippen LogP contribution >= 0.6 is 0 Å². The van der Waals surface area contributed by atoms with Crippen LogP contribution < -0.4 is 29.6 Å². The van der Waals surface area contributed by atoms with E-state index >= 15 is 0 Å². The predicted molar refractivity (Wildman–Crippen MR) is 77.0 cm³/mol. The van der Waals surface area contributed by atoms with Crippen LogP contribution in [0.1, 0.15) is 72.1 Å². The summed E-state index contributed by atoms with van der Waals surface area (Å²) in [5.41, 5.74) is -0.234. The van der Waals surface area contributed by atoms with Gasteiger partial charge in [0, 0.05) is 11.8 Å². The first kappa shape index (κ1) is 23.8. The number of Topliss-reactive ketones (excluding diaryl/α,β-unsaturated/α-hetero) is 1. The third kappa shape index (κ3) is 16.7. The maximum Gasteiger partial charge on any atom is 1.00 e. The Bertz CT molecular complexity index is 373. The van der Waals surface area contributed by atoms with Crippen LogP contribution in [0.15, 0.2) is 0 Å². The molecular weight excluding hydrogens is 303 g/mol. The minimum atomic E-state index is -4.53. The molecule has 0 saturated carbocycles. The van der Waals surface area contributed by atoms with Gasteiger partial charge in [0.25, 0.3) is 0 Å². The molecule has 0 aromatic heterocycles. The fourth-order valence-electron chi connectivity index (χ4n) is 1.81. The van der Waals surface area contributed by atoms with Crippen LogP contribution in [0.4, 0.5) is 0 Å². The normalized spacial score (nSPS) is 12.0. The van der Waals surface area contributed by atoms with Crippen molar-refractivity contribution in [2.75, 3.05) is 6.61 Å². The second-order valence-corrected chi connectivity index (χ2v) is 7.18. The molecule has 0 fully saturated rings. The largest absolute Gasteiger partial charge is 1.00 e. The van der Waals surface area contributed by atoms with Crippen LogP contribution in [0.3, 0.4) is 0 Å². The number of ketones is 1. The Morgan fingerprint density at radius 3 is 1.81 bits per heavy atom. The smallest absolute Gasteiger partial charge is 0.726 e. The zero-order valence-electron chi connectivity index (χ0n) is 13.8. The Balaban J connectivity index is 0. The van der Waals surface area contributed by atoms with Crippen molar-refractivity contribution in [1.82, 2.24) is 0 Å². The molecular formula is C14H27NaO5S. The van der Waals surface area contributed by atoms with E-state index in [2.05, 4.69) is 4.18 Å². The Morgan fingerprint density at radius 2 is 1.38 bits per heavy atom. The van der Waals surface area contributed by atoms with Crippen molar-refractivity contribution in [3.8, 4) is 0 Å². The van der Waals surface area contributed by atoms with Crippen LogP contribution in [0.2, 0.25) is 0 Å². The Hall–Kier alpha value is 0.540. The summed E-state index contributed by atoms with van der Waals surface area (Å²) in [6, 6.07) is 0. The summed E-state index contributed by atoms with van der Waals surface area (Å²) in [4.78, 5) is 11.7. The Kier molecular flexibility index (Phi) is 13.6. The third-order valence-electron chi connectivity index (χ3n) is 3.11. The third-order valence-corrected chi connectivity index (χ3v) is 3.57. The molecule has 0 unspecified atom stereocenters. The molecule has 0 spiro atoms. The number of carbonyl (C=O) groups excluding carboxylic acids is 1. The molecule has 0 rings (SSSR count). The maximum atomic E-state index is 11.7. The molecule has 0 heterocycles. The summed E-state index contributed by atoms with van der Waals surface area (Å²) in [7, 11) is -4.53. The van der Waals surface area contributed by atoms with Gasteiger partial charge in [-0.25, -0.2) is 8.42 Å². The number of rotatable bonds is 11. The van der Waals surface area contributed by atoms with Gasteiger partial charge in [-0.2, -0.15) is 0 Å². The van der Waals surface area contributed by atoms with Crippen molar-refractivity contribution in [2.24, 2.45) is 5.41 Å². The van der Waals surface area contributed by atoms with Gasteiger partial charge in [0.1, 0.15) is 5.78 Å². The molecule has 0 aromatic carbocycles. The maximum absolute atomic E-state index is 11.7. The molecule has 21 heavy (non-hydrogen) atoms. The van der Waals surface area contributed by atoms with Crippen molar-refractivity contribution in [1.29, 1.82) is 0 Å². The average molecular weight is 330 g/mol. The second kappa shape index (κ2) is 12.0. The minimum absolute atomic E-state index is 0. The van der Waals surface area contributed by atoms with Crippen molar-refractivity contribution >= 4 is 16.2 Å². The van der Waals surface area contributed by atoms with Gasteiger partial charge >= 0.3 is 29.6 Å². The van der Waals surface area contributed by atoms with Gasteiger partial charge in [0.2, 0.25) is 10.4 Å². The van der Waals surface area contributed by atoms with Gasteiger partial charge in [-0.1, -0.05) is 52.9 Å². The number of unbranched alkanes of at least 4 members (excludes halogenated alkanes) is 6. The monoisotopic (exact) mass is 330 g/mol. The van der Waals surface area contributed by atoms with Gasteiger partial charge in [-0.05, 0) is 12.8 Å². The van der Waals surface area contributed by atoms with Gasteiger partial charge < -0.3 is 4.55 Å². The summed E-state index contributed by atoms with van der Waals surface area (Å²) in [6.45, 7) is 5.81. The van der Waals surface area contributed by atoms with E-state index in [1.54, 1.807) is 0 Å². The Labute approximate surface area is 151 Å². The average Bonchev–Trinajstić information content (AvgIpc) is 2.28. The van der Waals surface area contributed by atoms with Crippen LogP contribution in [-0.4, -0.2) is 25.4 Å². The molecule has 0 aliphatic heterocycles. The molecule has 120 valence electrons. The Morgan fingerprint density at radius 1 is 0.952 bits per heavy atom. The van der Waals surface area contributed by atoms with E-state index in [0.717, 1.165) is 38.5 Å². The zero-order chi connectivity index (χ0) is 15.6. The van der Waals surface area contributed by atoms with Gasteiger partial charge in [-0.3, -0.25) is 8.98 Å². The second-order valence-electron chi connectivity index (χ2n) is 6.13. The molecule has 0 aliphatic carbocycles. The van der Waals surface area contributed by atoms with E-state index in [1.165, 1.54) is 0 Å². The molecule has 0 amide bonds. The van der Waals surface area contributed by atoms with Crippen molar-refractivity contribution in [2.45, 2.75) is 72.1 Å². The molecule has 0 N–H and O–H groups in total. The summed E-state index contributed by atoms with van der Waals surface area (Å²) in [5.74, 6) is 0.313. The van der Waals surface area contributed by atoms with Crippen molar-refractivity contribution in [3.63, 3.8) is 0 Å². The van der Waals surface area contributed by atoms with E-state index in [-0.39, 0.29) is 41.6 Å². The molecule has 0 aromatic rings. The standard InChI is InChI=1S/C14H28O5S.Na/c1-14(2,3)13(15)11-9-7-5-4-6-8-10-12-19-20(16,17)18;/h4-12H2,1-3H3,(H,16,17,18);/q;+1/p-1. The van der Waals surface area contributed by atoms with Gasteiger partial charge in [-0.15, -0.1) is 0 Å². The SMILES string of the molecule is CC(C)(C)C(=O)CCCCCCCCCOS(=O)(=O)[O-].[Na+]. The van der Waals surface area contributed by atoms with Crippen LogP contribution in [-0.2, 0) is 19.4 Å². The molecule has 0 saturated heterocycles. The van der Waals surface area contributed by atoms with Crippen LogP contribution in [0.25, 0.3) is 0 Å². The zero-order valence-corrected chi connectivity index (χ0v) is 16.6. The van der Waals surface area contributed by atoms with E-state index in [1.807, 2.05) is 20.8 Å². The quantitative estimate of drug-likeness (QED) is 0.234. The molecule has 0 atom stereocenters. The first-order chi connectivity index (χ1) is 9.13. The van der Waals surface area contributed by atoms with Crippen molar-refractivity contribution in [3.05, 3.63) is 0 Å². The topological polar surface area (TPSA) is 83.5 Å². The number of hydrogen-bond donors (Lipinski definition) is 0. The number of carbonyl (C=O) groups is 1. The first-order valence-corrected chi connectivity index (χ1v) is 8.60. The van der Waals surface area contributed by atoms with Crippen LogP contribution in [0, 0.1) is 5.41 Å².